The van der Waals surface area contributed by atoms with Gasteiger partial charge in [-0.15, -0.1) is 0 Å². The number of nitrogens with zero attached hydrogens (tertiary/aromatic N) is 2. The topological polar surface area (TPSA) is 43.8 Å². The van der Waals surface area contributed by atoms with Gasteiger partial charge >= 0.3 is 0 Å². The highest BCUT2D eigenvalue weighted by molar-refractivity contribution is 5.52. The number of aromatic nitrogens is 1. The lowest BCUT2D eigenvalue weighted by molar-refractivity contribution is -0.165. The van der Waals surface area contributed by atoms with Crippen molar-refractivity contribution >= 4 is 6.08 Å². The third-order valence-electron chi connectivity index (χ3n) is 3.33. The van der Waals surface area contributed by atoms with Crippen LogP contribution >= 0.6 is 0 Å². The first kappa shape index (κ1) is 16.9. The smallest absolute Gasteiger partial charge is 0.157 e. The molecule has 0 saturated carbocycles. The first-order chi connectivity index (χ1) is 10.8. The molecule has 0 bridgehead atoms. The van der Waals surface area contributed by atoms with Crippen molar-refractivity contribution in [1.82, 2.24) is 9.88 Å². The van der Waals surface area contributed by atoms with Gasteiger partial charge in [0.15, 0.2) is 6.29 Å². The Labute approximate surface area is 132 Å². The van der Waals surface area contributed by atoms with Crippen LogP contribution in [0.15, 0.2) is 24.4 Å². The zero-order chi connectivity index (χ0) is 15.6. The fraction of sp³-hybridized carbons (Fsp3) is 0.588. The molecule has 1 unspecified atom stereocenters. The van der Waals surface area contributed by atoms with E-state index in [0.717, 1.165) is 37.4 Å². The van der Waals surface area contributed by atoms with Crippen LogP contribution in [0.5, 0.6) is 5.75 Å². The van der Waals surface area contributed by atoms with E-state index in [2.05, 4.69) is 16.0 Å². The number of hydrogen-bond donors (Lipinski definition) is 0. The van der Waals surface area contributed by atoms with E-state index in [9.17, 15) is 0 Å². The van der Waals surface area contributed by atoms with Crippen molar-refractivity contribution in [2.45, 2.75) is 25.6 Å². The molecule has 1 atom stereocenters. The molecule has 1 aliphatic rings. The maximum absolute atomic E-state index is 5.78. The van der Waals surface area contributed by atoms with Gasteiger partial charge < -0.3 is 19.1 Å². The zero-order valence-electron chi connectivity index (χ0n) is 13.5. The summed E-state index contributed by atoms with van der Waals surface area (Å²) in [7, 11) is 4.07. The van der Waals surface area contributed by atoms with Crippen LogP contribution in [-0.2, 0) is 9.47 Å². The van der Waals surface area contributed by atoms with Gasteiger partial charge in [0.25, 0.3) is 0 Å². The molecule has 1 aromatic heterocycles. The molecule has 0 amide bonds. The highest BCUT2D eigenvalue weighted by Gasteiger charge is 2.13. The summed E-state index contributed by atoms with van der Waals surface area (Å²) in [6.45, 7) is 2.70. The van der Waals surface area contributed by atoms with E-state index in [4.69, 9.17) is 14.2 Å². The monoisotopic (exact) mass is 306 g/mol. The highest BCUT2D eigenvalue weighted by Crippen LogP contribution is 2.17. The van der Waals surface area contributed by atoms with Gasteiger partial charge in [-0.2, -0.15) is 0 Å². The van der Waals surface area contributed by atoms with Crippen LogP contribution in [0.1, 0.15) is 25.0 Å². The molecule has 5 nitrogen and oxygen atoms in total. The van der Waals surface area contributed by atoms with Gasteiger partial charge in [-0.1, -0.05) is 6.08 Å². The molecule has 2 rings (SSSR count). The standard InChI is InChI=1S/C17H26N2O3/c1-19(2)11-6-7-15-16(8-5-10-18-15)20-13-14-22-17-9-3-4-12-21-17/h5-8,10,17H,3-4,9,11-14H2,1-2H3/b7-6-. The van der Waals surface area contributed by atoms with Crippen molar-refractivity contribution in [1.29, 1.82) is 0 Å². The van der Waals surface area contributed by atoms with Crippen LogP contribution in [-0.4, -0.2) is 56.6 Å². The van der Waals surface area contributed by atoms with Crippen LogP contribution in [0.2, 0.25) is 0 Å². The fourth-order valence-electron chi connectivity index (χ4n) is 2.20. The normalized spacial score (nSPS) is 19.0. The van der Waals surface area contributed by atoms with E-state index in [1.807, 2.05) is 32.3 Å². The van der Waals surface area contributed by atoms with Gasteiger partial charge in [0.1, 0.15) is 18.1 Å². The Morgan fingerprint density at radius 2 is 2.27 bits per heavy atom. The minimum atomic E-state index is -0.0642. The lowest BCUT2D eigenvalue weighted by Gasteiger charge is -2.22. The SMILES string of the molecule is CN(C)C/C=C\c1ncccc1OCCOC1CCCCO1. The molecule has 5 heteroatoms. The summed E-state index contributed by atoms with van der Waals surface area (Å²) in [5.41, 5.74) is 0.846. The maximum atomic E-state index is 5.78. The lowest BCUT2D eigenvalue weighted by atomic mass is 10.2. The first-order valence-electron chi connectivity index (χ1n) is 7.88. The minimum Gasteiger partial charge on any atom is -0.489 e. The van der Waals surface area contributed by atoms with E-state index in [0.29, 0.717) is 13.2 Å². The summed E-state index contributed by atoms with van der Waals surface area (Å²) in [6, 6.07) is 3.81. The van der Waals surface area contributed by atoms with Crippen molar-refractivity contribution in [3.8, 4) is 5.75 Å². The van der Waals surface area contributed by atoms with E-state index in [1.54, 1.807) is 6.20 Å². The molecule has 0 aromatic carbocycles. The van der Waals surface area contributed by atoms with Crippen LogP contribution in [0, 0.1) is 0 Å². The molecule has 1 fully saturated rings. The van der Waals surface area contributed by atoms with Crippen molar-refractivity contribution < 1.29 is 14.2 Å². The molecular weight excluding hydrogens is 280 g/mol. The Hall–Kier alpha value is -1.43. The molecule has 0 spiro atoms. The van der Waals surface area contributed by atoms with Crippen molar-refractivity contribution in [2.24, 2.45) is 0 Å². The highest BCUT2D eigenvalue weighted by atomic mass is 16.7. The van der Waals surface area contributed by atoms with Gasteiger partial charge in [-0.3, -0.25) is 4.98 Å². The van der Waals surface area contributed by atoms with Gasteiger partial charge in [-0.25, -0.2) is 0 Å². The zero-order valence-corrected chi connectivity index (χ0v) is 13.5. The Morgan fingerprint density at radius 3 is 3.05 bits per heavy atom. The summed E-state index contributed by atoms with van der Waals surface area (Å²) in [4.78, 5) is 6.44. The molecule has 2 heterocycles. The molecule has 0 N–H and O–H groups in total. The van der Waals surface area contributed by atoms with Crippen molar-refractivity contribution in [2.75, 3.05) is 40.5 Å². The summed E-state index contributed by atoms with van der Waals surface area (Å²) < 4.78 is 17.0. The fourth-order valence-corrected chi connectivity index (χ4v) is 2.20. The largest absolute Gasteiger partial charge is 0.489 e. The van der Waals surface area contributed by atoms with Crippen LogP contribution in [0.3, 0.4) is 0 Å². The Morgan fingerprint density at radius 1 is 1.36 bits per heavy atom. The summed E-state index contributed by atoms with van der Waals surface area (Å²) in [5.74, 6) is 0.783. The Kier molecular flexibility index (Phi) is 7.36. The molecule has 1 aromatic rings. The molecule has 122 valence electrons. The number of ether oxygens (including phenoxy) is 3. The van der Waals surface area contributed by atoms with Crippen molar-refractivity contribution in [3.05, 3.63) is 30.1 Å². The third-order valence-corrected chi connectivity index (χ3v) is 3.33. The summed E-state index contributed by atoms with van der Waals surface area (Å²) in [6.07, 6.45) is 9.05. The second-order valence-electron chi connectivity index (χ2n) is 5.57. The van der Waals surface area contributed by atoms with Crippen LogP contribution in [0.4, 0.5) is 0 Å². The number of likely N-dealkylation sites (N-methyl/N-ethyl adjacent to an activating group) is 1. The lowest BCUT2D eigenvalue weighted by Crippen LogP contribution is -2.24. The summed E-state index contributed by atoms with van der Waals surface area (Å²) in [5, 5.41) is 0. The van der Waals surface area contributed by atoms with Crippen molar-refractivity contribution in [3.63, 3.8) is 0 Å². The number of rotatable bonds is 8. The molecule has 1 saturated heterocycles. The van der Waals surface area contributed by atoms with E-state index < -0.39 is 0 Å². The molecular formula is C17H26N2O3. The summed E-state index contributed by atoms with van der Waals surface area (Å²) >= 11 is 0. The van der Waals surface area contributed by atoms with Gasteiger partial charge in [0.2, 0.25) is 0 Å². The van der Waals surface area contributed by atoms with Gasteiger partial charge in [-0.05, 0) is 51.6 Å². The molecule has 0 aliphatic carbocycles. The van der Waals surface area contributed by atoms with E-state index >= 15 is 0 Å². The van der Waals surface area contributed by atoms with Crippen LogP contribution < -0.4 is 4.74 Å². The second kappa shape index (κ2) is 9.56. The number of hydrogen-bond acceptors (Lipinski definition) is 5. The first-order valence-corrected chi connectivity index (χ1v) is 7.88. The van der Waals surface area contributed by atoms with Gasteiger partial charge in [0.05, 0.1) is 6.61 Å². The third kappa shape index (κ3) is 6.13. The molecule has 1 aliphatic heterocycles. The average Bonchev–Trinajstić information content (AvgIpc) is 2.53. The second-order valence-corrected chi connectivity index (χ2v) is 5.57. The maximum Gasteiger partial charge on any atom is 0.157 e. The predicted molar refractivity (Wildman–Crippen MR) is 86.9 cm³/mol. The number of pyridine rings is 1. The van der Waals surface area contributed by atoms with Crippen LogP contribution in [0.25, 0.3) is 6.08 Å². The molecule has 0 radical (unpaired) electrons. The minimum absolute atomic E-state index is 0.0642. The van der Waals surface area contributed by atoms with Gasteiger partial charge in [0, 0.05) is 19.3 Å². The average molecular weight is 306 g/mol. The Bertz CT molecular complexity index is 457. The van der Waals surface area contributed by atoms with E-state index in [-0.39, 0.29) is 6.29 Å². The quantitative estimate of drug-likeness (QED) is 0.691. The predicted octanol–water partition coefficient (Wildman–Crippen LogP) is 2.58. The molecule has 22 heavy (non-hydrogen) atoms. The van der Waals surface area contributed by atoms with E-state index in [1.165, 1.54) is 6.42 Å². The Balaban J connectivity index is 1.75.